The lowest BCUT2D eigenvalue weighted by atomic mass is 10.1. The van der Waals surface area contributed by atoms with Crippen LogP contribution >= 0.6 is 23.4 Å². The number of unbranched alkanes of at least 4 members (excludes halogenated alkanes) is 1. The summed E-state index contributed by atoms with van der Waals surface area (Å²) in [5, 5.41) is 3.75. The van der Waals surface area contributed by atoms with Crippen LogP contribution in [0.2, 0.25) is 5.15 Å². The van der Waals surface area contributed by atoms with Gasteiger partial charge < -0.3 is 15.1 Å². The van der Waals surface area contributed by atoms with Crippen molar-refractivity contribution in [1.82, 2.24) is 20.2 Å². The number of hydrogen-bond acceptors (Lipinski definition) is 6. The van der Waals surface area contributed by atoms with E-state index >= 15 is 0 Å². The lowest BCUT2D eigenvalue weighted by Crippen LogP contribution is -2.54. The third kappa shape index (κ3) is 5.73. The molecule has 1 N–H and O–H groups in total. The first-order chi connectivity index (χ1) is 13.5. The second kappa shape index (κ2) is 9.78. The highest BCUT2D eigenvalue weighted by atomic mass is 35.5. The topological polar surface area (TPSA) is 78.4 Å². The number of rotatable bonds is 8. The number of halogens is 1. The molecule has 154 valence electrons. The molecular weight excluding hydrogens is 398 g/mol. The summed E-state index contributed by atoms with van der Waals surface area (Å²) >= 11 is 7.48. The van der Waals surface area contributed by atoms with Crippen molar-refractivity contribution in [3.05, 3.63) is 11.2 Å². The van der Waals surface area contributed by atoms with Crippen LogP contribution in [0.15, 0.2) is 11.2 Å². The normalized spacial score (nSPS) is 19.6. The number of hydrogen-bond donors (Lipinski definition) is 1. The maximum absolute atomic E-state index is 12.4. The Balaban J connectivity index is 1.57. The molecule has 7 nitrogen and oxygen atoms in total. The van der Waals surface area contributed by atoms with Crippen LogP contribution in [-0.4, -0.2) is 64.7 Å². The van der Waals surface area contributed by atoms with Gasteiger partial charge in [0.15, 0.2) is 5.16 Å². The van der Waals surface area contributed by atoms with E-state index in [1.165, 1.54) is 11.8 Å². The molecule has 2 fully saturated rings. The molecule has 1 aliphatic carbocycles. The SMILES string of the molecule is CCCCNC(=O)CSc1nc(Cl)cc(N2CCN(C(=O)C3CC3)C(C)C2)n1. The van der Waals surface area contributed by atoms with E-state index < -0.39 is 0 Å². The van der Waals surface area contributed by atoms with Crippen molar-refractivity contribution in [3.63, 3.8) is 0 Å². The maximum atomic E-state index is 12.4. The molecule has 1 unspecified atom stereocenters. The fourth-order valence-electron chi connectivity index (χ4n) is 3.26. The van der Waals surface area contributed by atoms with E-state index in [4.69, 9.17) is 11.6 Å². The lowest BCUT2D eigenvalue weighted by Gasteiger charge is -2.40. The molecule has 0 aromatic carbocycles. The van der Waals surface area contributed by atoms with Gasteiger partial charge in [-0.15, -0.1) is 0 Å². The van der Waals surface area contributed by atoms with Gasteiger partial charge >= 0.3 is 0 Å². The summed E-state index contributed by atoms with van der Waals surface area (Å²) in [5.41, 5.74) is 0. The van der Waals surface area contributed by atoms with Gasteiger partial charge in [0.1, 0.15) is 11.0 Å². The van der Waals surface area contributed by atoms with Gasteiger partial charge in [0.2, 0.25) is 11.8 Å². The first-order valence-electron chi connectivity index (χ1n) is 9.97. The molecule has 2 amide bonds. The van der Waals surface area contributed by atoms with Crippen molar-refractivity contribution in [3.8, 4) is 0 Å². The fourth-order valence-corrected chi connectivity index (χ4v) is 4.17. The standard InChI is InChI=1S/C19H28ClN5O2S/c1-3-4-7-21-17(26)12-28-19-22-15(20)10-16(23-19)24-8-9-25(13(2)11-24)18(27)14-5-6-14/h10,13-14H,3-9,11-12H2,1-2H3,(H,21,26). The zero-order chi connectivity index (χ0) is 20.1. The summed E-state index contributed by atoms with van der Waals surface area (Å²) in [6.07, 6.45) is 4.08. The van der Waals surface area contributed by atoms with Crippen LogP contribution in [0.25, 0.3) is 0 Å². The molecule has 1 aliphatic heterocycles. The molecule has 1 aromatic rings. The molecule has 2 aliphatic rings. The van der Waals surface area contributed by atoms with Crippen LogP contribution < -0.4 is 10.2 Å². The Morgan fingerprint density at radius 2 is 2.11 bits per heavy atom. The van der Waals surface area contributed by atoms with E-state index in [0.29, 0.717) is 29.9 Å². The summed E-state index contributed by atoms with van der Waals surface area (Å²) < 4.78 is 0. The molecule has 1 atom stereocenters. The van der Waals surface area contributed by atoms with Gasteiger partial charge in [-0.1, -0.05) is 36.7 Å². The molecule has 28 heavy (non-hydrogen) atoms. The number of nitrogens with one attached hydrogen (secondary N) is 1. The monoisotopic (exact) mass is 425 g/mol. The van der Waals surface area contributed by atoms with Gasteiger partial charge in [0.05, 0.1) is 5.75 Å². The molecular formula is C19H28ClN5O2S. The van der Waals surface area contributed by atoms with Crippen molar-refractivity contribution in [2.24, 2.45) is 5.92 Å². The Kier molecular flexibility index (Phi) is 7.40. The zero-order valence-corrected chi connectivity index (χ0v) is 18.1. The average molecular weight is 426 g/mol. The van der Waals surface area contributed by atoms with E-state index in [1.807, 2.05) is 4.90 Å². The van der Waals surface area contributed by atoms with Crippen LogP contribution in [0, 0.1) is 5.92 Å². The van der Waals surface area contributed by atoms with Crippen LogP contribution in [0.3, 0.4) is 0 Å². The van der Waals surface area contributed by atoms with Crippen LogP contribution in [0.5, 0.6) is 0 Å². The van der Waals surface area contributed by atoms with E-state index in [0.717, 1.165) is 38.0 Å². The predicted molar refractivity (Wildman–Crippen MR) is 112 cm³/mol. The molecule has 3 rings (SSSR count). The molecule has 9 heteroatoms. The summed E-state index contributed by atoms with van der Waals surface area (Å²) in [4.78, 5) is 37.2. The largest absolute Gasteiger partial charge is 0.355 e. The minimum atomic E-state index is -0.0237. The Hall–Kier alpha value is -1.54. The van der Waals surface area contributed by atoms with E-state index in [-0.39, 0.29) is 29.5 Å². The minimum Gasteiger partial charge on any atom is -0.355 e. The first-order valence-corrected chi connectivity index (χ1v) is 11.3. The van der Waals surface area contributed by atoms with Crippen molar-refractivity contribution in [2.45, 2.75) is 50.7 Å². The maximum Gasteiger partial charge on any atom is 0.230 e. The zero-order valence-electron chi connectivity index (χ0n) is 16.5. The van der Waals surface area contributed by atoms with E-state index in [2.05, 4.69) is 34.0 Å². The quantitative estimate of drug-likeness (QED) is 0.298. The molecule has 2 heterocycles. The van der Waals surface area contributed by atoms with E-state index in [1.54, 1.807) is 6.07 Å². The average Bonchev–Trinajstić information content (AvgIpc) is 3.51. The molecule has 0 radical (unpaired) electrons. The second-order valence-electron chi connectivity index (χ2n) is 7.42. The number of nitrogens with zero attached hydrogens (tertiary/aromatic N) is 4. The number of carbonyl (C=O) groups excluding carboxylic acids is 2. The van der Waals surface area contributed by atoms with E-state index in [9.17, 15) is 9.59 Å². The Bertz CT molecular complexity index is 716. The molecule has 1 saturated carbocycles. The van der Waals surface area contributed by atoms with Gasteiger partial charge in [-0.25, -0.2) is 9.97 Å². The van der Waals surface area contributed by atoms with Gasteiger partial charge in [-0.2, -0.15) is 0 Å². The summed E-state index contributed by atoms with van der Waals surface area (Å²) in [6, 6.07) is 1.88. The minimum absolute atomic E-state index is 0.0237. The van der Waals surface area contributed by atoms with Crippen molar-refractivity contribution >= 4 is 41.0 Å². The Morgan fingerprint density at radius 1 is 1.32 bits per heavy atom. The smallest absolute Gasteiger partial charge is 0.230 e. The third-order valence-electron chi connectivity index (χ3n) is 5.01. The van der Waals surface area contributed by atoms with Gasteiger partial charge in [0, 0.05) is 44.2 Å². The number of anilines is 1. The lowest BCUT2D eigenvalue weighted by molar-refractivity contribution is -0.135. The predicted octanol–water partition coefficient (Wildman–Crippen LogP) is 2.59. The van der Waals surface area contributed by atoms with Gasteiger partial charge in [-0.05, 0) is 26.2 Å². The number of piperazine rings is 1. The molecule has 1 saturated heterocycles. The van der Waals surface area contributed by atoms with Crippen LogP contribution in [0.1, 0.15) is 39.5 Å². The number of amides is 2. The molecule has 1 aromatic heterocycles. The van der Waals surface area contributed by atoms with Crippen LogP contribution in [-0.2, 0) is 9.59 Å². The van der Waals surface area contributed by atoms with Crippen molar-refractivity contribution < 1.29 is 9.59 Å². The first kappa shape index (κ1) is 21.2. The summed E-state index contributed by atoms with van der Waals surface area (Å²) in [6.45, 7) is 6.99. The highest BCUT2D eigenvalue weighted by Gasteiger charge is 2.37. The second-order valence-corrected chi connectivity index (χ2v) is 8.75. The number of carbonyl (C=O) groups is 2. The molecule has 0 spiro atoms. The molecule has 0 bridgehead atoms. The van der Waals surface area contributed by atoms with Crippen molar-refractivity contribution in [2.75, 3.05) is 36.8 Å². The van der Waals surface area contributed by atoms with Crippen molar-refractivity contribution in [1.29, 1.82) is 0 Å². The third-order valence-corrected chi connectivity index (χ3v) is 6.05. The summed E-state index contributed by atoms with van der Waals surface area (Å²) in [5.74, 6) is 1.53. The van der Waals surface area contributed by atoms with Gasteiger partial charge in [0.25, 0.3) is 0 Å². The number of thioether (sulfide) groups is 1. The Morgan fingerprint density at radius 3 is 2.79 bits per heavy atom. The number of aromatic nitrogens is 2. The Labute approximate surface area is 175 Å². The summed E-state index contributed by atoms with van der Waals surface area (Å²) in [7, 11) is 0. The van der Waals surface area contributed by atoms with Gasteiger partial charge in [-0.3, -0.25) is 9.59 Å². The highest BCUT2D eigenvalue weighted by molar-refractivity contribution is 7.99. The fraction of sp³-hybridized carbons (Fsp3) is 0.684. The van der Waals surface area contributed by atoms with Crippen LogP contribution in [0.4, 0.5) is 5.82 Å². The highest BCUT2D eigenvalue weighted by Crippen LogP contribution is 2.32.